The molecule has 0 atom stereocenters. The summed E-state index contributed by atoms with van der Waals surface area (Å²) in [7, 11) is 1.82. The maximum absolute atomic E-state index is 11.9. The van der Waals surface area contributed by atoms with Crippen molar-refractivity contribution >= 4 is 27.8 Å². The summed E-state index contributed by atoms with van der Waals surface area (Å²) < 4.78 is 2.51. The highest BCUT2D eigenvalue weighted by Crippen LogP contribution is 2.17. The summed E-state index contributed by atoms with van der Waals surface area (Å²) in [5.74, 6) is 0.350. The summed E-state index contributed by atoms with van der Waals surface area (Å²) in [4.78, 5) is 15.9. The average Bonchev–Trinajstić information content (AvgIpc) is 2.65. The molecule has 1 heterocycles. The second kappa shape index (κ2) is 4.49. The molecule has 1 N–H and O–H groups in total. The number of hydrogen-bond acceptors (Lipinski definition) is 2. The number of nitrogens with zero attached hydrogens (tertiary/aromatic N) is 2. The molecule has 2 rings (SSSR count). The number of carbonyl (C=O) groups excluding carboxylic acids is 1. The van der Waals surface area contributed by atoms with E-state index < -0.39 is 0 Å². The van der Waals surface area contributed by atoms with Crippen LogP contribution in [-0.2, 0) is 7.05 Å². The molecule has 0 aliphatic heterocycles. The van der Waals surface area contributed by atoms with Crippen LogP contribution >= 0.6 is 15.9 Å². The number of amides is 1. The van der Waals surface area contributed by atoms with E-state index in [4.69, 9.17) is 0 Å². The zero-order chi connectivity index (χ0) is 11.5. The van der Waals surface area contributed by atoms with Gasteiger partial charge >= 0.3 is 0 Å². The second-order valence-corrected chi connectivity index (χ2v) is 4.15. The minimum atomic E-state index is -0.179. The summed E-state index contributed by atoms with van der Waals surface area (Å²) in [5.41, 5.74) is 0.588. The number of nitrogens with one attached hydrogen (secondary N) is 1. The van der Waals surface area contributed by atoms with Gasteiger partial charge in [0, 0.05) is 23.9 Å². The molecule has 0 radical (unpaired) electrons. The van der Waals surface area contributed by atoms with E-state index in [9.17, 15) is 4.79 Å². The van der Waals surface area contributed by atoms with Crippen molar-refractivity contribution in [3.05, 3.63) is 46.7 Å². The zero-order valence-corrected chi connectivity index (χ0v) is 10.2. The summed E-state index contributed by atoms with van der Waals surface area (Å²) >= 11 is 3.33. The largest absolute Gasteiger partial charge is 0.320 e. The van der Waals surface area contributed by atoms with E-state index in [1.54, 1.807) is 23.0 Å². The zero-order valence-electron chi connectivity index (χ0n) is 8.64. The fraction of sp³-hybridized carbons (Fsp3) is 0.0909. The van der Waals surface area contributed by atoms with Gasteiger partial charge < -0.3 is 4.57 Å². The minimum Gasteiger partial charge on any atom is -0.320 e. The Bertz CT molecular complexity index is 521. The van der Waals surface area contributed by atoms with E-state index in [0.29, 0.717) is 11.5 Å². The van der Waals surface area contributed by atoms with E-state index in [-0.39, 0.29) is 5.91 Å². The third-order valence-electron chi connectivity index (χ3n) is 2.16. The Morgan fingerprint density at radius 3 is 2.81 bits per heavy atom. The average molecular weight is 280 g/mol. The highest BCUT2D eigenvalue weighted by atomic mass is 79.9. The standard InChI is InChI=1S/C11H10BrN3O/c1-15-7-6-13-11(15)14-10(16)8-4-2-3-5-9(8)12/h2-7H,1H3,(H,13,14,16). The van der Waals surface area contributed by atoms with Crippen molar-refractivity contribution in [2.75, 3.05) is 5.32 Å². The molecule has 4 nitrogen and oxygen atoms in total. The Morgan fingerprint density at radius 2 is 2.19 bits per heavy atom. The Balaban J connectivity index is 2.22. The fourth-order valence-electron chi connectivity index (χ4n) is 1.30. The van der Waals surface area contributed by atoms with Crippen LogP contribution in [0.1, 0.15) is 10.4 Å². The Kier molecular flexibility index (Phi) is 3.05. The van der Waals surface area contributed by atoms with E-state index in [1.165, 1.54) is 0 Å². The molecule has 2 aromatic rings. The molecule has 0 unspecified atom stereocenters. The van der Waals surface area contributed by atoms with E-state index in [1.807, 2.05) is 25.2 Å². The van der Waals surface area contributed by atoms with Crippen LogP contribution in [0.3, 0.4) is 0 Å². The van der Waals surface area contributed by atoms with Gasteiger partial charge in [-0.3, -0.25) is 10.1 Å². The number of rotatable bonds is 2. The van der Waals surface area contributed by atoms with E-state index >= 15 is 0 Å². The summed E-state index contributed by atoms with van der Waals surface area (Å²) in [6.07, 6.45) is 3.41. The number of anilines is 1. The molecule has 0 aliphatic carbocycles. The van der Waals surface area contributed by atoms with Crippen LogP contribution in [0, 0.1) is 0 Å². The molecule has 0 bridgehead atoms. The van der Waals surface area contributed by atoms with Crippen LogP contribution < -0.4 is 5.32 Å². The van der Waals surface area contributed by atoms with Gasteiger partial charge in [0.25, 0.3) is 5.91 Å². The lowest BCUT2D eigenvalue weighted by Gasteiger charge is -2.05. The van der Waals surface area contributed by atoms with E-state index in [0.717, 1.165) is 4.47 Å². The van der Waals surface area contributed by atoms with Crippen molar-refractivity contribution in [1.29, 1.82) is 0 Å². The monoisotopic (exact) mass is 279 g/mol. The first-order chi connectivity index (χ1) is 7.68. The van der Waals surface area contributed by atoms with Crippen molar-refractivity contribution in [2.45, 2.75) is 0 Å². The van der Waals surface area contributed by atoms with Crippen LogP contribution in [0.4, 0.5) is 5.95 Å². The molecule has 0 fully saturated rings. The summed E-state index contributed by atoms with van der Waals surface area (Å²) in [5, 5.41) is 2.73. The smallest absolute Gasteiger partial charge is 0.259 e. The minimum absolute atomic E-state index is 0.179. The number of halogens is 1. The van der Waals surface area contributed by atoms with Crippen molar-refractivity contribution in [2.24, 2.45) is 7.05 Å². The predicted molar refractivity (Wildman–Crippen MR) is 65.3 cm³/mol. The third kappa shape index (κ3) is 2.14. The fourth-order valence-corrected chi connectivity index (χ4v) is 1.77. The van der Waals surface area contributed by atoms with Crippen LogP contribution in [0.25, 0.3) is 0 Å². The molecule has 5 heteroatoms. The second-order valence-electron chi connectivity index (χ2n) is 3.30. The van der Waals surface area contributed by atoms with Gasteiger partial charge in [-0.25, -0.2) is 4.98 Å². The van der Waals surface area contributed by atoms with Crippen LogP contribution in [0.15, 0.2) is 41.1 Å². The van der Waals surface area contributed by atoms with Gasteiger partial charge in [0.05, 0.1) is 5.56 Å². The van der Waals surface area contributed by atoms with Crippen LogP contribution in [-0.4, -0.2) is 15.5 Å². The number of benzene rings is 1. The van der Waals surface area contributed by atoms with Crippen LogP contribution in [0.5, 0.6) is 0 Å². The first-order valence-electron chi connectivity index (χ1n) is 4.71. The number of aromatic nitrogens is 2. The molecule has 1 amide bonds. The lowest BCUT2D eigenvalue weighted by atomic mass is 10.2. The molecule has 0 spiro atoms. The normalized spacial score (nSPS) is 10.1. The van der Waals surface area contributed by atoms with Gasteiger partial charge in [-0.05, 0) is 28.1 Å². The third-order valence-corrected chi connectivity index (χ3v) is 2.86. The summed E-state index contributed by atoms with van der Waals surface area (Å²) in [6.45, 7) is 0. The van der Waals surface area contributed by atoms with Crippen LogP contribution in [0.2, 0.25) is 0 Å². The van der Waals surface area contributed by atoms with E-state index in [2.05, 4.69) is 26.2 Å². The SMILES string of the molecule is Cn1ccnc1NC(=O)c1ccccc1Br. The Labute approximate surface area is 101 Å². The van der Waals surface area contributed by atoms with Gasteiger partial charge in [-0.2, -0.15) is 0 Å². The van der Waals surface area contributed by atoms with Crippen molar-refractivity contribution in [3.8, 4) is 0 Å². The number of aryl methyl sites for hydroxylation is 1. The van der Waals surface area contributed by atoms with Crippen molar-refractivity contribution < 1.29 is 4.79 Å². The molecular formula is C11H10BrN3O. The predicted octanol–water partition coefficient (Wildman–Crippen LogP) is 2.43. The highest BCUT2D eigenvalue weighted by Gasteiger charge is 2.10. The van der Waals surface area contributed by atoms with Gasteiger partial charge in [0.1, 0.15) is 0 Å². The topological polar surface area (TPSA) is 46.9 Å². The first-order valence-corrected chi connectivity index (χ1v) is 5.51. The van der Waals surface area contributed by atoms with Gasteiger partial charge in [0.2, 0.25) is 5.95 Å². The molecular weight excluding hydrogens is 270 g/mol. The number of carbonyl (C=O) groups is 1. The van der Waals surface area contributed by atoms with Gasteiger partial charge in [-0.15, -0.1) is 0 Å². The first kappa shape index (κ1) is 10.9. The molecule has 0 saturated carbocycles. The molecule has 16 heavy (non-hydrogen) atoms. The Morgan fingerprint density at radius 1 is 1.44 bits per heavy atom. The summed E-state index contributed by atoms with van der Waals surface area (Å²) in [6, 6.07) is 7.26. The quantitative estimate of drug-likeness (QED) is 0.918. The van der Waals surface area contributed by atoms with Crippen molar-refractivity contribution in [1.82, 2.24) is 9.55 Å². The molecule has 82 valence electrons. The lowest BCUT2D eigenvalue weighted by Crippen LogP contribution is -2.15. The highest BCUT2D eigenvalue weighted by molar-refractivity contribution is 9.10. The van der Waals surface area contributed by atoms with Gasteiger partial charge in [-0.1, -0.05) is 12.1 Å². The maximum Gasteiger partial charge on any atom is 0.259 e. The maximum atomic E-state index is 11.9. The number of hydrogen-bond donors (Lipinski definition) is 1. The molecule has 0 aliphatic rings. The lowest BCUT2D eigenvalue weighted by molar-refractivity contribution is 0.102. The number of imidazole rings is 1. The Hall–Kier alpha value is -1.62. The molecule has 1 aromatic carbocycles. The van der Waals surface area contributed by atoms with Crippen molar-refractivity contribution in [3.63, 3.8) is 0 Å². The molecule has 0 saturated heterocycles. The van der Waals surface area contributed by atoms with Gasteiger partial charge in [0.15, 0.2) is 0 Å². The molecule has 1 aromatic heterocycles.